The summed E-state index contributed by atoms with van der Waals surface area (Å²) < 4.78 is 0. The molecule has 260 valence electrons. The van der Waals surface area contributed by atoms with Gasteiger partial charge in [-0.2, -0.15) is 0 Å². The molecule has 0 saturated heterocycles. The van der Waals surface area contributed by atoms with E-state index in [-0.39, 0.29) is 17.4 Å². The van der Waals surface area contributed by atoms with Crippen LogP contribution in [0.4, 0.5) is 0 Å². The Hall–Kier alpha value is -5.24. The van der Waals surface area contributed by atoms with Gasteiger partial charge in [0.2, 0.25) is 0 Å². The Morgan fingerprint density at radius 2 is 1.11 bits per heavy atom. The topological polar surface area (TPSA) is 20.2 Å². The van der Waals surface area contributed by atoms with E-state index in [1.165, 1.54) is 105 Å². The minimum Gasteiger partial charge on any atom is -0.396 e. The van der Waals surface area contributed by atoms with Gasteiger partial charge in [0, 0.05) is 17.9 Å². The van der Waals surface area contributed by atoms with Crippen LogP contribution < -0.4 is 0 Å². The third kappa shape index (κ3) is 4.87. The van der Waals surface area contributed by atoms with Gasteiger partial charge in [-0.05, 0) is 141 Å². The fourth-order valence-corrected chi connectivity index (χ4v) is 9.85. The fourth-order valence-electron chi connectivity index (χ4n) is 9.85. The summed E-state index contributed by atoms with van der Waals surface area (Å²) in [4.78, 5) is 0. The zero-order valence-corrected chi connectivity index (χ0v) is 31.5. The molecule has 2 aliphatic rings. The zero-order chi connectivity index (χ0) is 36.2. The largest absolute Gasteiger partial charge is 0.396 e. The first-order valence-electron chi connectivity index (χ1n) is 19.5. The van der Waals surface area contributed by atoms with E-state index < -0.39 is 0 Å². The Bertz CT molecular complexity index is 2730. The van der Waals surface area contributed by atoms with Crippen molar-refractivity contribution in [3.63, 3.8) is 0 Å². The number of hydrogen-bond acceptors (Lipinski definition) is 1. The van der Waals surface area contributed by atoms with E-state index in [1.54, 1.807) is 0 Å². The number of rotatable bonds is 6. The van der Waals surface area contributed by atoms with Crippen LogP contribution in [0.25, 0.3) is 76.8 Å². The second-order valence-corrected chi connectivity index (χ2v) is 17.2. The Labute approximate surface area is 313 Å². The van der Waals surface area contributed by atoms with E-state index in [4.69, 9.17) is 0 Å². The van der Waals surface area contributed by atoms with Crippen molar-refractivity contribution in [3.8, 4) is 44.5 Å². The van der Waals surface area contributed by atoms with Crippen LogP contribution in [0.3, 0.4) is 0 Å². The minimum atomic E-state index is -0.135. The molecule has 0 spiro atoms. The van der Waals surface area contributed by atoms with Gasteiger partial charge in [-0.3, -0.25) is 0 Å². The lowest BCUT2D eigenvalue weighted by Gasteiger charge is -2.23. The highest BCUT2D eigenvalue weighted by Crippen LogP contribution is 2.53. The first kappa shape index (κ1) is 32.4. The monoisotopic (exact) mass is 686 g/mol. The minimum absolute atomic E-state index is 0.100. The number of fused-ring (bicyclic) bond motifs is 6. The summed E-state index contributed by atoms with van der Waals surface area (Å²) in [6.07, 6.45) is 2.94. The summed E-state index contributed by atoms with van der Waals surface area (Å²) in [6.45, 7) is 12.0. The molecule has 0 bridgehead atoms. The molecule has 2 aliphatic carbocycles. The van der Waals surface area contributed by atoms with Crippen molar-refractivity contribution in [3.05, 3.63) is 155 Å². The van der Waals surface area contributed by atoms with Gasteiger partial charge in [0.15, 0.2) is 0 Å². The van der Waals surface area contributed by atoms with Gasteiger partial charge < -0.3 is 5.11 Å². The van der Waals surface area contributed by atoms with Crippen LogP contribution >= 0.6 is 0 Å². The van der Waals surface area contributed by atoms with Crippen molar-refractivity contribution in [2.75, 3.05) is 6.61 Å². The van der Waals surface area contributed by atoms with Gasteiger partial charge in [-0.1, -0.05) is 150 Å². The Morgan fingerprint density at radius 1 is 0.528 bits per heavy atom. The van der Waals surface area contributed by atoms with Crippen LogP contribution in [-0.4, -0.2) is 11.7 Å². The third-order valence-electron chi connectivity index (χ3n) is 12.7. The number of aliphatic hydroxyl groups is 1. The molecular formula is C52H46O. The first-order chi connectivity index (χ1) is 25.6. The Kier molecular flexibility index (Phi) is 7.11. The fraction of sp³-hybridized carbons (Fsp3) is 0.231. The number of benzene rings is 8. The molecule has 0 amide bonds. The van der Waals surface area contributed by atoms with Crippen LogP contribution in [0.5, 0.6) is 0 Å². The van der Waals surface area contributed by atoms with Crippen molar-refractivity contribution < 1.29 is 5.11 Å². The molecule has 1 heteroatoms. The molecule has 8 aromatic rings. The van der Waals surface area contributed by atoms with Crippen molar-refractivity contribution >= 4 is 32.3 Å². The SMILES string of the molecule is CC(C)(C)c1cc2ccc3ccc(-c4ccc5c(c4)C(C)(C)c4cc(-c6ccc7c(c6)C(CCCCO)c6ccccc6-7)ccc4-5)c4ccc(c1)c2c34. The molecule has 0 aromatic heterocycles. The van der Waals surface area contributed by atoms with Gasteiger partial charge in [-0.15, -0.1) is 0 Å². The maximum atomic E-state index is 9.50. The lowest BCUT2D eigenvalue weighted by molar-refractivity contribution is 0.282. The molecule has 53 heavy (non-hydrogen) atoms. The van der Waals surface area contributed by atoms with Crippen LogP contribution in [0.2, 0.25) is 0 Å². The Balaban J connectivity index is 1.04. The van der Waals surface area contributed by atoms with Crippen molar-refractivity contribution in [2.45, 2.75) is 70.6 Å². The smallest absolute Gasteiger partial charge is 0.0431 e. The average Bonchev–Trinajstić information content (AvgIpc) is 3.60. The summed E-state index contributed by atoms with van der Waals surface area (Å²) in [5.41, 5.74) is 17.6. The summed E-state index contributed by atoms with van der Waals surface area (Å²) in [6, 6.07) is 49.1. The second kappa shape index (κ2) is 11.6. The summed E-state index contributed by atoms with van der Waals surface area (Å²) in [7, 11) is 0. The standard InChI is InChI=1S/C52H46O/c1-51(2,3)37-26-35-14-13-31-15-20-38(45-24-19-36(27-37)49(35)50(31)45)34-18-23-44-43-22-17-33(29-47(43)52(4,5)48(44)30-34)32-16-21-42-40-11-7-6-10-39(40)41(46(42)28-32)12-8-9-25-53/h6-7,10-11,13-24,26-30,41,53H,8-9,12,25H2,1-5H3. The maximum Gasteiger partial charge on any atom is 0.0431 e. The molecule has 10 rings (SSSR count). The molecule has 0 fully saturated rings. The van der Waals surface area contributed by atoms with E-state index >= 15 is 0 Å². The zero-order valence-electron chi connectivity index (χ0n) is 31.5. The van der Waals surface area contributed by atoms with E-state index in [2.05, 4.69) is 162 Å². The van der Waals surface area contributed by atoms with Crippen molar-refractivity contribution in [1.29, 1.82) is 0 Å². The van der Waals surface area contributed by atoms with Gasteiger partial charge in [0.05, 0.1) is 0 Å². The second-order valence-electron chi connectivity index (χ2n) is 17.2. The normalized spacial score (nSPS) is 15.6. The highest BCUT2D eigenvalue weighted by atomic mass is 16.2. The number of unbranched alkanes of at least 4 members (excludes halogenated alkanes) is 1. The van der Waals surface area contributed by atoms with E-state index in [1.807, 2.05) is 0 Å². The summed E-state index contributed by atoms with van der Waals surface area (Å²) in [5, 5.41) is 17.5. The molecule has 0 radical (unpaired) electrons. The molecule has 8 aromatic carbocycles. The number of aliphatic hydroxyl groups excluding tert-OH is 1. The first-order valence-corrected chi connectivity index (χ1v) is 19.5. The lowest BCUT2D eigenvalue weighted by atomic mass is 9.80. The van der Waals surface area contributed by atoms with Crippen molar-refractivity contribution in [1.82, 2.24) is 0 Å². The molecule has 0 heterocycles. The highest BCUT2D eigenvalue weighted by molar-refractivity contribution is 6.25. The van der Waals surface area contributed by atoms with E-state index in [0.717, 1.165) is 19.3 Å². The van der Waals surface area contributed by atoms with Crippen LogP contribution in [-0.2, 0) is 10.8 Å². The highest BCUT2D eigenvalue weighted by Gasteiger charge is 2.36. The van der Waals surface area contributed by atoms with Crippen LogP contribution in [0.1, 0.15) is 87.6 Å². The third-order valence-corrected chi connectivity index (χ3v) is 12.7. The van der Waals surface area contributed by atoms with Crippen molar-refractivity contribution in [2.24, 2.45) is 0 Å². The molecule has 1 N–H and O–H groups in total. The van der Waals surface area contributed by atoms with Crippen LogP contribution in [0, 0.1) is 0 Å². The molecule has 1 unspecified atom stereocenters. The van der Waals surface area contributed by atoms with Gasteiger partial charge in [0.1, 0.15) is 0 Å². The Morgan fingerprint density at radius 3 is 1.85 bits per heavy atom. The molecular weight excluding hydrogens is 641 g/mol. The van der Waals surface area contributed by atoms with Crippen LogP contribution in [0.15, 0.2) is 127 Å². The average molecular weight is 687 g/mol. The van der Waals surface area contributed by atoms with Gasteiger partial charge >= 0.3 is 0 Å². The molecule has 0 aliphatic heterocycles. The van der Waals surface area contributed by atoms with Gasteiger partial charge in [-0.25, -0.2) is 0 Å². The number of hydrogen-bond donors (Lipinski definition) is 1. The predicted molar refractivity (Wildman–Crippen MR) is 225 cm³/mol. The quantitative estimate of drug-likeness (QED) is 0.136. The predicted octanol–water partition coefficient (Wildman–Crippen LogP) is 13.8. The van der Waals surface area contributed by atoms with E-state index in [9.17, 15) is 5.11 Å². The molecule has 0 saturated carbocycles. The maximum absolute atomic E-state index is 9.50. The van der Waals surface area contributed by atoms with E-state index in [0.29, 0.717) is 5.92 Å². The van der Waals surface area contributed by atoms with Gasteiger partial charge in [0.25, 0.3) is 0 Å². The summed E-state index contributed by atoms with van der Waals surface area (Å²) >= 11 is 0. The lowest BCUT2D eigenvalue weighted by Crippen LogP contribution is -2.15. The molecule has 1 atom stereocenters. The molecule has 1 nitrogen and oxygen atoms in total. The summed E-state index contributed by atoms with van der Waals surface area (Å²) in [5.74, 6) is 0.377.